The van der Waals surface area contributed by atoms with Crippen LogP contribution in [0.15, 0.2) is 82.0 Å². The summed E-state index contributed by atoms with van der Waals surface area (Å²) in [6, 6.07) is 16.4. The van der Waals surface area contributed by atoms with E-state index in [1.165, 1.54) is 41.5 Å². The third-order valence-corrected chi connectivity index (χ3v) is 5.93. The molecule has 0 N–H and O–H groups in total. The van der Waals surface area contributed by atoms with Crippen LogP contribution >= 0.6 is 11.8 Å². The molecule has 0 unspecified atom stereocenters. The summed E-state index contributed by atoms with van der Waals surface area (Å²) in [6.45, 7) is -0.913. The van der Waals surface area contributed by atoms with Crippen molar-refractivity contribution in [3.63, 3.8) is 0 Å². The summed E-state index contributed by atoms with van der Waals surface area (Å²) < 4.78 is 34.6. The summed E-state index contributed by atoms with van der Waals surface area (Å²) in [7, 11) is 0. The Kier molecular flexibility index (Phi) is 7.22. The van der Waals surface area contributed by atoms with Crippen molar-refractivity contribution in [2.45, 2.75) is 20.0 Å². The summed E-state index contributed by atoms with van der Waals surface area (Å²) >= 11 is 1.12. The largest absolute Gasteiger partial charge is 0.465 e. The van der Waals surface area contributed by atoms with Gasteiger partial charge in [-0.25, -0.2) is 4.99 Å². The maximum atomic E-state index is 13.1. The van der Waals surface area contributed by atoms with E-state index in [1.807, 2.05) is 19.1 Å². The van der Waals surface area contributed by atoms with E-state index in [-0.39, 0.29) is 23.0 Å². The molecule has 34 heavy (non-hydrogen) atoms. The van der Waals surface area contributed by atoms with Crippen molar-refractivity contribution in [3.05, 3.63) is 89.5 Å². The van der Waals surface area contributed by atoms with Crippen LogP contribution in [-0.2, 0) is 11.2 Å². The molecule has 0 fully saturated rings. The minimum atomic E-state index is -2.95. The zero-order valence-corrected chi connectivity index (χ0v) is 18.9. The number of carbonyl (C=O) groups is 2. The van der Waals surface area contributed by atoms with Crippen molar-refractivity contribution in [3.8, 4) is 5.75 Å². The number of thioether (sulfide) groups is 1. The normalized spacial score (nSPS) is 14.7. The number of amidine groups is 1. The zero-order valence-electron chi connectivity index (χ0n) is 18.1. The molecule has 1 aliphatic heterocycles. The standard InChI is InChI=1S/C25H20F2N2O4S/c1-2-16-5-7-17(8-6-16)22(30)15-34-25-28-21(14-20-4-3-13-32-20)23(31)29(25)18-9-11-19(12-10-18)33-24(26)27/h3-14,24H,2,15H2,1H3/b21-14-. The molecule has 0 saturated heterocycles. The van der Waals surface area contributed by atoms with E-state index in [1.54, 1.807) is 24.3 Å². The third kappa shape index (κ3) is 5.43. The third-order valence-electron chi connectivity index (χ3n) is 4.99. The number of hydrogen-bond donors (Lipinski definition) is 0. The lowest BCUT2D eigenvalue weighted by molar-refractivity contribution is -0.113. The first-order valence-corrected chi connectivity index (χ1v) is 11.4. The lowest BCUT2D eigenvalue weighted by Crippen LogP contribution is -2.30. The van der Waals surface area contributed by atoms with Gasteiger partial charge in [0.2, 0.25) is 0 Å². The Balaban J connectivity index is 1.57. The van der Waals surface area contributed by atoms with Gasteiger partial charge in [0.15, 0.2) is 11.0 Å². The van der Waals surface area contributed by atoms with E-state index >= 15 is 0 Å². The molecule has 0 saturated carbocycles. The number of aliphatic imine (C=N–C) groups is 1. The van der Waals surface area contributed by atoms with Gasteiger partial charge in [-0.3, -0.25) is 14.5 Å². The van der Waals surface area contributed by atoms with Crippen LogP contribution in [0.5, 0.6) is 5.75 Å². The highest BCUT2D eigenvalue weighted by molar-refractivity contribution is 8.14. The number of amides is 1. The summed E-state index contributed by atoms with van der Waals surface area (Å²) in [5, 5.41) is 0.295. The number of ether oxygens (including phenoxy) is 1. The first-order chi connectivity index (χ1) is 16.4. The van der Waals surface area contributed by atoms with Gasteiger partial charge >= 0.3 is 6.61 Å². The average Bonchev–Trinajstić information content (AvgIpc) is 3.46. The maximum absolute atomic E-state index is 13.1. The van der Waals surface area contributed by atoms with Gasteiger partial charge in [-0.1, -0.05) is 43.0 Å². The lowest BCUT2D eigenvalue weighted by atomic mass is 10.1. The second kappa shape index (κ2) is 10.5. The summed E-state index contributed by atoms with van der Waals surface area (Å²) in [5.74, 6) is -0.0537. The smallest absolute Gasteiger partial charge is 0.387 e. The number of alkyl halides is 2. The van der Waals surface area contributed by atoms with Gasteiger partial charge in [-0.05, 0) is 48.4 Å². The molecule has 3 aromatic rings. The molecule has 2 heterocycles. The van der Waals surface area contributed by atoms with Gasteiger partial charge in [0.25, 0.3) is 5.91 Å². The maximum Gasteiger partial charge on any atom is 0.387 e. The first kappa shape index (κ1) is 23.4. The molecule has 1 aromatic heterocycles. The Hall–Kier alpha value is -3.72. The van der Waals surface area contributed by atoms with Crippen molar-refractivity contribution in [2.24, 2.45) is 4.99 Å². The van der Waals surface area contributed by atoms with Gasteiger partial charge in [0, 0.05) is 11.6 Å². The van der Waals surface area contributed by atoms with Crippen molar-refractivity contribution >= 4 is 40.4 Å². The van der Waals surface area contributed by atoms with E-state index in [0.717, 1.165) is 23.7 Å². The topological polar surface area (TPSA) is 72.1 Å². The van der Waals surface area contributed by atoms with Gasteiger partial charge < -0.3 is 9.15 Å². The van der Waals surface area contributed by atoms with Crippen molar-refractivity contribution < 1.29 is 27.5 Å². The number of anilines is 1. The van der Waals surface area contributed by atoms with Gasteiger partial charge in [0.05, 0.1) is 17.7 Å². The van der Waals surface area contributed by atoms with E-state index < -0.39 is 12.5 Å². The Morgan fingerprint density at radius 2 is 1.88 bits per heavy atom. The Labute approximate surface area is 198 Å². The van der Waals surface area contributed by atoms with Crippen LogP contribution in [0.25, 0.3) is 6.08 Å². The lowest BCUT2D eigenvalue weighted by Gasteiger charge is -2.18. The van der Waals surface area contributed by atoms with Crippen LogP contribution in [0, 0.1) is 0 Å². The van der Waals surface area contributed by atoms with Gasteiger partial charge in [-0.15, -0.1) is 0 Å². The summed E-state index contributed by atoms with van der Waals surface area (Å²) in [4.78, 5) is 31.6. The number of nitrogens with zero attached hydrogens (tertiary/aromatic N) is 2. The molecule has 0 spiro atoms. The molecule has 4 rings (SSSR count). The SMILES string of the molecule is CCc1ccc(C(=O)CSC2=N/C(=C\c3ccco3)C(=O)N2c2ccc(OC(F)F)cc2)cc1. The Bertz CT molecular complexity index is 1220. The number of carbonyl (C=O) groups excluding carboxylic acids is 2. The predicted octanol–water partition coefficient (Wildman–Crippen LogP) is 5.80. The molecular formula is C25H20F2N2O4S. The Morgan fingerprint density at radius 1 is 1.15 bits per heavy atom. The number of hydrogen-bond acceptors (Lipinski definition) is 6. The van der Waals surface area contributed by atoms with Crippen LogP contribution in [0.3, 0.4) is 0 Å². The molecule has 1 aliphatic rings. The highest BCUT2D eigenvalue weighted by Crippen LogP contribution is 2.31. The fourth-order valence-corrected chi connectivity index (χ4v) is 4.15. The second-order valence-corrected chi connectivity index (χ2v) is 8.16. The summed E-state index contributed by atoms with van der Waals surface area (Å²) in [6.07, 6.45) is 3.86. The Morgan fingerprint density at radius 3 is 2.50 bits per heavy atom. The minimum Gasteiger partial charge on any atom is -0.465 e. The number of halogens is 2. The van der Waals surface area contributed by atoms with Gasteiger partial charge in [-0.2, -0.15) is 8.78 Å². The fourth-order valence-electron chi connectivity index (χ4n) is 3.25. The molecule has 174 valence electrons. The molecule has 0 bridgehead atoms. The molecule has 0 atom stereocenters. The quantitative estimate of drug-likeness (QED) is 0.300. The van der Waals surface area contributed by atoms with Gasteiger partial charge in [0.1, 0.15) is 17.2 Å². The summed E-state index contributed by atoms with van der Waals surface area (Å²) in [5.41, 5.74) is 2.24. The fraction of sp³-hybridized carbons (Fsp3) is 0.160. The monoisotopic (exact) mass is 482 g/mol. The highest BCUT2D eigenvalue weighted by Gasteiger charge is 2.32. The van der Waals surface area contributed by atoms with Crippen LogP contribution in [0.2, 0.25) is 0 Å². The van der Waals surface area contributed by atoms with Crippen molar-refractivity contribution in [1.82, 2.24) is 0 Å². The van der Waals surface area contributed by atoms with Crippen LogP contribution in [0.4, 0.5) is 14.5 Å². The van der Waals surface area contributed by atoms with E-state index in [2.05, 4.69) is 9.73 Å². The average molecular weight is 483 g/mol. The second-order valence-electron chi connectivity index (χ2n) is 7.21. The molecule has 2 aromatic carbocycles. The molecule has 1 amide bonds. The molecule has 0 radical (unpaired) electrons. The number of aryl methyl sites for hydroxylation is 1. The van der Waals surface area contributed by atoms with E-state index in [4.69, 9.17) is 4.42 Å². The predicted molar refractivity (Wildman–Crippen MR) is 127 cm³/mol. The minimum absolute atomic E-state index is 0.0337. The first-order valence-electron chi connectivity index (χ1n) is 10.4. The molecule has 0 aliphatic carbocycles. The number of rotatable bonds is 8. The zero-order chi connectivity index (χ0) is 24.1. The highest BCUT2D eigenvalue weighted by atomic mass is 32.2. The van der Waals surface area contributed by atoms with E-state index in [0.29, 0.717) is 22.2 Å². The number of Topliss-reactive ketones (excluding diaryl/α,β-unsaturated/α-hetero) is 1. The van der Waals surface area contributed by atoms with E-state index in [9.17, 15) is 18.4 Å². The van der Waals surface area contributed by atoms with Crippen molar-refractivity contribution in [2.75, 3.05) is 10.7 Å². The molecular weight excluding hydrogens is 462 g/mol. The molecule has 9 heteroatoms. The van der Waals surface area contributed by atoms with Crippen LogP contribution in [-0.4, -0.2) is 29.2 Å². The molecule has 6 nitrogen and oxygen atoms in total. The number of ketones is 1. The van der Waals surface area contributed by atoms with Crippen molar-refractivity contribution in [1.29, 1.82) is 0 Å². The number of furan rings is 1. The van der Waals surface area contributed by atoms with Crippen LogP contribution < -0.4 is 9.64 Å². The number of benzene rings is 2. The van der Waals surface area contributed by atoms with Crippen LogP contribution in [0.1, 0.15) is 28.6 Å².